The van der Waals surface area contributed by atoms with Crippen LogP contribution in [-0.2, 0) is 4.74 Å². The molecule has 0 saturated carbocycles. The van der Waals surface area contributed by atoms with Gasteiger partial charge in [0, 0.05) is 20.3 Å². The minimum Gasteiger partial charge on any atom is -0.478 e. The van der Waals surface area contributed by atoms with Crippen molar-refractivity contribution in [1.29, 1.82) is 0 Å². The largest absolute Gasteiger partial charge is 0.478 e. The van der Waals surface area contributed by atoms with Crippen molar-refractivity contribution in [2.75, 3.05) is 25.6 Å². The van der Waals surface area contributed by atoms with Gasteiger partial charge in [-0.3, -0.25) is 0 Å². The van der Waals surface area contributed by atoms with Crippen LogP contribution in [-0.4, -0.2) is 37.4 Å². The van der Waals surface area contributed by atoms with Gasteiger partial charge < -0.3 is 20.5 Å². The Morgan fingerprint density at radius 1 is 1.30 bits per heavy atom. The molecule has 1 rings (SSSR count). The van der Waals surface area contributed by atoms with Gasteiger partial charge in [0.2, 0.25) is 0 Å². The number of rotatable bonds is 6. The molecule has 0 saturated heterocycles. The first kappa shape index (κ1) is 16.6. The molecule has 8 heteroatoms. The third-order valence-corrected chi connectivity index (χ3v) is 2.93. The van der Waals surface area contributed by atoms with Gasteiger partial charge in [-0.05, 0) is 18.6 Å². The number of anilines is 1. The van der Waals surface area contributed by atoms with Gasteiger partial charge >= 0.3 is 12.0 Å². The van der Waals surface area contributed by atoms with E-state index < -0.39 is 12.0 Å². The zero-order chi connectivity index (χ0) is 15.1. The van der Waals surface area contributed by atoms with E-state index in [-0.39, 0.29) is 21.3 Å². The molecule has 3 N–H and O–H groups in total. The van der Waals surface area contributed by atoms with Gasteiger partial charge in [-0.25, -0.2) is 9.59 Å². The smallest absolute Gasteiger partial charge is 0.335 e. The molecule has 0 atom stereocenters. The highest BCUT2D eigenvalue weighted by Gasteiger charge is 2.14. The number of benzene rings is 1. The molecular weight excluding hydrogens is 307 g/mol. The number of hydrogen-bond donors (Lipinski definition) is 3. The number of carbonyl (C=O) groups excluding carboxylic acids is 1. The van der Waals surface area contributed by atoms with Crippen LogP contribution >= 0.6 is 23.2 Å². The van der Waals surface area contributed by atoms with Crippen LogP contribution in [0, 0.1) is 0 Å². The highest BCUT2D eigenvalue weighted by Crippen LogP contribution is 2.31. The van der Waals surface area contributed by atoms with E-state index in [0.717, 1.165) is 0 Å². The number of amides is 2. The standard InChI is InChI=1S/C12H14Cl2N2O4/c1-20-4-2-3-15-12(19)16-10-8(13)5-7(11(17)18)6-9(10)14/h5-6H,2-4H2,1H3,(H,17,18)(H2,15,16,19). The highest BCUT2D eigenvalue weighted by molar-refractivity contribution is 6.40. The normalized spacial score (nSPS) is 10.2. The van der Waals surface area contributed by atoms with Crippen LogP contribution in [0.3, 0.4) is 0 Å². The third kappa shape index (κ3) is 4.88. The number of carbonyl (C=O) groups is 2. The minimum atomic E-state index is -1.15. The summed E-state index contributed by atoms with van der Waals surface area (Å²) >= 11 is 11.8. The fraction of sp³-hybridized carbons (Fsp3) is 0.333. The minimum absolute atomic E-state index is 0.0500. The lowest BCUT2D eigenvalue weighted by atomic mass is 10.2. The monoisotopic (exact) mass is 320 g/mol. The predicted octanol–water partition coefficient (Wildman–Crippen LogP) is 2.85. The van der Waals surface area contributed by atoms with Crippen molar-refractivity contribution in [3.63, 3.8) is 0 Å². The maximum Gasteiger partial charge on any atom is 0.335 e. The number of halogens is 2. The SMILES string of the molecule is COCCCNC(=O)Nc1c(Cl)cc(C(=O)O)cc1Cl. The second kappa shape index (κ2) is 7.94. The zero-order valence-electron chi connectivity index (χ0n) is 10.7. The Morgan fingerprint density at radius 3 is 2.40 bits per heavy atom. The molecule has 0 heterocycles. The van der Waals surface area contributed by atoms with Crippen molar-refractivity contribution in [3.05, 3.63) is 27.7 Å². The summed E-state index contributed by atoms with van der Waals surface area (Å²) in [6.45, 7) is 0.969. The maximum atomic E-state index is 11.6. The molecule has 6 nitrogen and oxygen atoms in total. The summed E-state index contributed by atoms with van der Waals surface area (Å²) in [7, 11) is 1.57. The summed E-state index contributed by atoms with van der Waals surface area (Å²) in [4.78, 5) is 22.4. The average Bonchev–Trinajstić information content (AvgIpc) is 2.38. The number of methoxy groups -OCH3 is 1. The summed E-state index contributed by atoms with van der Waals surface area (Å²) in [6, 6.07) is 1.96. The lowest BCUT2D eigenvalue weighted by molar-refractivity contribution is 0.0697. The van der Waals surface area contributed by atoms with E-state index in [1.165, 1.54) is 12.1 Å². The fourth-order valence-electron chi connectivity index (χ4n) is 1.39. The van der Waals surface area contributed by atoms with Crippen molar-refractivity contribution in [2.24, 2.45) is 0 Å². The first-order valence-corrected chi connectivity index (χ1v) is 6.47. The summed E-state index contributed by atoms with van der Waals surface area (Å²) in [5.74, 6) is -1.15. The summed E-state index contributed by atoms with van der Waals surface area (Å²) in [5, 5.41) is 14.0. The average molecular weight is 321 g/mol. The van der Waals surface area contributed by atoms with Crippen LogP contribution in [0.15, 0.2) is 12.1 Å². The van der Waals surface area contributed by atoms with Gasteiger partial charge in [-0.2, -0.15) is 0 Å². The van der Waals surface area contributed by atoms with E-state index in [0.29, 0.717) is 19.6 Å². The Balaban J connectivity index is 2.68. The lowest BCUT2D eigenvalue weighted by Crippen LogP contribution is -2.30. The van der Waals surface area contributed by atoms with Gasteiger partial charge in [0.25, 0.3) is 0 Å². The summed E-state index contributed by atoms with van der Waals surface area (Å²) in [6.07, 6.45) is 0.670. The molecule has 1 aromatic rings. The van der Waals surface area contributed by atoms with Crippen LogP contribution in [0.25, 0.3) is 0 Å². The molecule has 0 aliphatic heterocycles. The third-order valence-electron chi connectivity index (χ3n) is 2.34. The Bertz CT molecular complexity index is 485. The van der Waals surface area contributed by atoms with Gasteiger partial charge in [0.05, 0.1) is 21.3 Å². The van der Waals surface area contributed by atoms with Crippen molar-refractivity contribution in [1.82, 2.24) is 5.32 Å². The van der Waals surface area contributed by atoms with Crippen LogP contribution in [0.1, 0.15) is 16.8 Å². The van der Waals surface area contributed by atoms with Gasteiger partial charge in [-0.1, -0.05) is 23.2 Å². The van der Waals surface area contributed by atoms with E-state index in [4.69, 9.17) is 33.0 Å². The van der Waals surface area contributed by atoms with Gasteiger partial charge in [0.1, 0.15) is 0 Å². The maximum absolute atomic E-state index is 11.6. The number of aromatic carboxylic acids is 1. The van der Waals surface area contributed by atoms with Crippen molar-refractivity contribution in [3.8, 4) is 0 Å². The van der Waals surface area contributed by atoms with Crippen molar-refractivity contribution >= 4 is 40.9 Å². The van der Waals surface area contributed by atoms with E-state index in [1.807, 2.05) is 0 Å². The van der Waals surface area contributed by atoms with Crippen molar-refractivity contribution in [2.45, 2.75) is 6.42 Å². The fourth-order valence-corrected chi connectivity index (χ4v) is 1.97. The molecule has 0 unspecified atom stereocenters. The van der Waals surface area contributed by atoms with Crippen molar-refractivity contribution < 1.29 is 19.4 Å². The van der Waals surface area contributed by atoms with Crippen LogP contribution in [0.5, 0.6) is 0 Å². The molecule has 0 bridgehead atoms. The zero-order valence-corrected chi connectivity index (χ0v) is 12.2. The number of hydrogen-bond acceptors (Lipinski definition) is 3. The van der Waals surface area contributed by atoms with Gasteiger partial charge in [-0.15, -0.1) is 0 Å². The molecule has 0 aromatic heterocycles. The van der Waals surface area contributed by atoms with E-state index in [1.54, 1.807) is 7.11 Å². The number of carboxylic acid groups (broad SMARTS) is 1. The summed E-state index contributed by atoms with van der Waals surface area (Å²) < 4.78 is 4.85. The number of ether oxygens (including phenoxy) is 1. The van der Waals surface area contributed by atoms with Gasteiger partial charge in [0.15, 0.2) is 0 Å². The Kier molecular flexibility index (Phi) is 6.57. The Morgan fingerprint density at radius 2 is 1.90 bits per heavy atom. The molecule has 0 aliphatic rings. The van der Waals surface area contributed by atoms with Crippen LogP contribution in [0.4, 0.5) is 10.5 Å². The lowest BCUT2D eigenvalue weighted by Gasteiger charge is -2.11. The molecule has 0 aliphatic carbocycles. The number of carboxylic acids is 1. The van der Waals surface area contributed by atoms with E-state index in [2.05, 4.69) is 10.6 Å². The topological polar surface area (TPSA) is 87.7 Å². The Hall–Kier alpha value is -1.50. The predicted molar refractivity (Wildman–Crippen MR) is 76.9 cm³/mol. The molecule has 110 valence electrons. The second-order valence-electron chi connectivity index (χ2n) is 3.85. The molecule has 0 fully saturated rings. The first-order chi connectivity index (χ1) is 9.45. The second-order valence-corrected chi connectivity index (χ2v) is 4.66. The summed E-state index contributed by atoms with van der Waals surface area (Å²) in [5.41, 5.74) is 0.119. The van der Waals surface area contributed by atoms with Crippen LogP contribution < -0.4 is 10.6 Å². The quantitative estimate of drug-likeness (QED) is 0.703. The van der Waals surface area contributed by atoms with E-state index in [9.17, 15) is 9.59 Å². The first-order valence-electron chi connectivity index (χ1n) is 5.71. The number of nitrogens with one attached hydrogen (secondary N) is 2. The highest BCUT2D eigenvalue weighted by atomic mass is 35.5. The molecule has 0 radical (unpaired) electrons. The molecule has 2 amide bonds. The molecule has 20 heavy (non-hydrogen) atoms. The van der Waals surface area contributed by atoms with Crippen LogP contribution in [0.2, 0.25) is 10.0 Å². The molecule has 1 aromatic carbocycles. The Labute approximate surface area is 126 Å². The van der Waals surface area contributed by atoms with E-state index >= 15 is 0 Å². The molecule has 0 spiro atoms. The molecular formula is C12H14Cl2N2O4. The number of urea groups is 1.